The molecule has 1 aromatic heterocycles. The minimum Gasteiger partial charge on any atom is -0.464 e. The van der Waals surface area contributed by atoms with E-state index in [0.717, 1.165) is 15.7 Å². The van der Waals surface area contributed by atoms with Gasteiger partial charge in [0.25, 0.3) is 0 Å². The Bertz CT molecular complexity index is 1260. The van der Waals surface area contributed by atoms with E-state index in [9.17, 15) is 27.2 Å². The quantitative estimate of drug-likeness (QED) is 0.235. The zero-order chi connectivity index (χ0) is 25.9. The Morgan fingerprint density at radius 3 is 2.42 bits per heavy atom. The number of halogens is 5. The fraction of sp³-hybridized carbons (Fsp3) is 0.240. The Kier molecular flexibility index (Phi) is 7.48. The summed E-state index contributed by atoms with van der Waals surface area (Å²) in [5.41, 5.74) is -2.25. The lowest BCUT2D eigenvalue weighted by Gasteiger charge is -2.36. The molecule has 0 aliphatic carbocycles. The molecule has 0 unspecified atom stereocenters. The number of benzene rings is 2. The lowest BCUT2D eigenvalue weighted by atomic mass is 9.79. The summed E-state index contributed by atoms with van der Waals surface area (Å²) in [6.07, 6.45) is -3.14. The standard InChI is InChI=1S/C25H20F4IN3O3/c26-18-11-16(10-17(12-18)25(27,28)29)24(13-15-4-2-1-3-5-15,21-7-6-19(30)14-31-21)33-23(35)32-20-8-9-36-22(20)34/h1-7,10-12,14,20H,8-9,13H2,(H2,32,33,35)/t20-,24-/m0/s1. The number of rotatable bonds is 6. The maximum absolute atomic E-state index is 14.6. The number of urea groups is 1. The molecular weight excluding hydrogens is 593 g/mol. The summed E-state index contributed by atoms with van der Waals surface area (Å²) in [4.78, 5) is 29.4. The maximum atomic E-state index is 14.6. The van der Waals surface area contributed by atoms with Crippen LogP contribution in [0.3, 0.4) is 0 Å². The number of aromatic nitrogens is 1. The van der Waals surface area contributed by atoms with Crippen molar-refractivity contribution in [3.05, 3.63) is 98.6 Å². The van der Waals surface area contributed by atoms with Gasteiger partial charge in [-0.2, -0.15) is 13.2 Å². The van der Waals surface area contributed by atoms with Crippen LogP contribution < -0.4 is 10.6 Å². The summed E-state index contributed by atoms with van der Waals surface area (Å²) in [6.45, 7) is 0.135. The van der Waals surface area contributed by atoms with Crippen molar-refractivity contribution in [1.82, 2.24) is 15.6 Å². The Balaban J connectivity index is 1.89. The summed E-state index contributed by atoms with van der Waals surface area (Å²) >= 11 is 2.02. The van der Waals surface area contributed by atoms with E-state index >= 15 is 0 Å². The summed E-state index contributed by atoms with van der Waals surface area (Å²) in [7, 11) is 0. The number of alkyl halides is 3. The smallest absolute Gasteiger partial charge is 0.416 e. The molecular formula is C25H20F4IN3O3. The number of amides is 2. The van der Waals surface area contributed by atoms with E-state index in [4.69, 9.17) is 4.74 Å². The first-order valence-corrected chi connectivity index (χ1v) is 11.9. The predicted octanol–water partition coefficient (Wildman–Crippen LogP) is 4.95. The molecule has 2 heterocycles. The Labute approximate surface area is 217 Å². The van der Waals surface area contributed by atoms with Crippen molar-refractivity contribution < 1.29 is 31.9 Å². The third-order valence-corrected chi connectivity index (χ3v) is 6.40. The largest absolute Gasteiger partial charge is 0.464 e. The van der Waals surface area contributed by atoms with Gasteiger partial charge in [0.1, 0.15) is 17.4 Å². The number of pyridine rings is 1. The van der Waals surface area contributed by atoms with Crippen LogP contribution in [-0.2, 0) is 27.7 Å². The van der Waals surface area contributed by atoms with Crippen molar-refractivity contribution in [3.63, 3.8) is 0 Å². The van der Waals surface area contributed by atoms with Crippen molar-refractivity contribution in [1.29, 1.82) is 0 Å². The van der Waals surface area contributed by atoms with Crippen LogP contribution in [0.5, 0.6) is 0 Å². The number of ether oxygens (including phenoxy) is 1. The molecule has 2 amide bonds. The highest BCUT2D eigenvalue weighted by molar-refractivity contribution is 14.1. The Hall–Kier alpha value is -3.22. The zero-order valence-corrected chi connectivity index (χ0v) is 20.8. The molecule has 1 aliphatic heterocycles. The lowest BCUT2D eigenvalue weighted by Crippen LogP contribution is -2.55. The molecule has 6 nitrogen and oxygen atoms in total. The third-order valence-electron chi connectivity index (χ3n) is 5.76. The van der Waals surface area contributed by atoms with Crippen molar-refractivity contribution >= 4 is 34.6 Å². The average Bonchev–Trinajstić information content (AvgIpc) is 3.22. The van der Waals surface area contributed by atoms with Gasteiger partial charge in [0.2, 0.25) is 0 Å². The van der Waals surface area contributed by atoms with Gasteiger partial charge >= 0.3 is 18.2 Å². The molecule has 0 spiro atoms. The first-order chi connectivity index (χ1) is 17.1. The van der Waals surface area contributed by atoms with Crippen LogP contribution in [0.4, 0.5) is 22.4 Å². The second-order valence-corrected chi connectivity index (χ2v) is 9.51. The highest BCUT2D eigenvalue weighted by atomic mass is 127. The molecule has 2 atom stereocenters. The lowest BCUT2D eigenvalue weighted by molar-refractivity contribution is -0.139. The molecule has 2 aromatic carbocycles. The highest BCUT2D eigenvalue weighted by Crippen LogP contribution is 2.37. The highest BCUT2D eigenvalue weighted by Gasteiger charge is 2.41. The summed E-state index contributed by atoms with van der Waals surface area (Å²) in [5.74, 6) is -1.74. The monoisotopic (exact) mass is 613 g/mol. The van der Waals surface area contributed by atoms with Crippen molar-refractivity contribution in [2.75, 3.05) is 6.61 Å². The molecule has 1 aliphatic rings. The van der Waals surface area contributed by atoms with Gasteiger partial charge in [0.05, 0.1) is 17.9 Å². The minimum absolute atomic E-state index is 0.0509. The van der Waals surface area contributed by atoms with Crippen molar-refractivity contribution in [2.45, 2.75) is 30.6 Å². The second-order valence-electron chi connectivity index (χ2n) is 8.26. The third kappa shape index (κ3) is 5.77. The number of esters is 1. The van der Waals surface area contributed by atoms with Gasteiger partial charge in [-0.15, -0.1) is 0 Å². The predicted molar refractivity (Wildman–Crippen MR) is 130 cm³/mol. The van der Waals surface area contributed by atoms with Crippen LogP contribution in [0.15, 0.2) is 66.9 Å². The van der Waals surface area contributed by atoms with Crippen LogP contribution in [0.25, 0.3) is 0 Å². The topological polar surface area (TPSA) is 80.3 Å². The fourth-order valence-corrected chi connectivity index (χ4v) is 4.39. The van der Waals surface area contributed by atoms with Crippen LogP contribution in [0.2, 0.25) is 0 Å². The molecule has 188 valence electrons. The second kappa shape index (κ2) is 10.4. The summed E-state index contributed by atoms with van der Waals surface area (Å²) in [5, 5.41) is 5.24. The molecule has 2 N–H and O–H groups in total. The van der Waals surface area contributed by atoms with Gasteiger partial charge in [-0.1, -0.05) is 30.3 Å². The number of nitrogens with one attached hydrogen (secondary N) is 2. The molecule has 36 heavy (non-hydrogen) atoms. The molecule has 1 fully saturated rings. The number of carbonyl (C=O) groups excluding carboxylic acids is 2. The Morgan fingerprint density at radius 1 is 1.08 bits per heavy atom. The van der Waals surface area contributed by atoms with E-state index in [1.54, 1.807) is 42.5 Å². The van der Waals surface area contributed by atoms with Crippen molar-refractivity contribution in [3.8, 4) is 0 Å². The van der Waals surface area contributed by atoms with Crippen LogP contribution in [-0.4, -0.2) is 29.6 Å². The normalized spacial score (nSPS) is 17.2. The molecule has 3 aromatic rings. The van der Waals surface area contributed by atoms with Gasteiger partial charge in [0.15, 0.2) is 0 Å². The van der Waals surface area contributed by atoms with E-state index in [0.29, 0.717) is 11.6 Å². The first kappa shape index (κ1) is 25.9. The van der Waals surface area contributed by atoms with E-state index < -0.39 is 41.1 Å². The first-order valence-electron chi connectivity index (χ1n) is 10.9. The van der Waals surface area contributed by atoms with E-state index in [1.807, 2.05) is 22.6 Å². The number of hydrogen-bond acceptors (Lipinski definition) is 4. The molecule has 0 radical (unpaired) electrons. The number of cyclic esters (lactones) is 1. The zero-order valence-electron chi connectivity index (χ0n) is 18.6. The maximum Gasteiger partial charge on any atom is 0.416 e. The molecule has 4 rings (SSSR count). The molecule has 1 saturated heterocycles. The van der Waals surface area contributed by atoms with Gasteiger partial charge in [-0.3, -0.25) is 4.98 Å². The fourth-order valence-electron chi connectivity index (χ4n) is 4.07. The van der Waals surface area contributed by atoms with Crippen LogP contribution >= 0.6 is 22.6 Å². The summed E-state index contributed by atoms with van der Waals surface area (Å²) < 4.78 is 61.2. The number of nitrogens with zero attached hydrogens (tertiary/aromatic N) is 1. The van der Waals surface area contributed by atoms with Crippen LogP contribution in [0, 0.1) is 9.39 Å². The average molecular weight is 613 g/mol. The minimum atomic E-state index is -4.83. The van der Waals surface area contributed by atoms with Gasteiger partial charge < -0.3 is 15.4 Å². The molecule has 0 saturated carbocycles. The van der Waals surface area contributed by atoms with Gasteiger partial charge in [-0.05, 0) is 64.0 Å². The van der Waals surface area contributed by atoms with Crippen LogP contribution in [0.1, 0.15) is 28.8 Å². The van der Waals surface area contributed by atoms with E-state index in [2.05, 4.69) is 15.6 Å². The SMILES string of the molecule is O=C(N[C@H]1CCOC1=O)N[C@@](Cc1ccccc1)(c1cc(F)cc(C(F)(F)F)c1)c1ccc(I)cn1. The summed E-state index contributed by atoms with van der Waals surface area (Å²) in [6, 6.07) is 12.3. The van der Waals surface area contributed by atoms with Gasteiger partial charge in [0, 0.05) is 22.6 Å². The number of carbonyl (C=O) groups is 2. The van der Waals surface area contributed by atoms with E-state index in [1.165, 1.54) is 6.20 Å². The molecule has 0 bridgehead atoms. The van der Waals surface area contributed by atoms with Crippen molar-refractivity contribution in [2.24, 2.45) is 0 Å². The number of hydrogen-bond donors (Lipinski definition) is 2. The molecule has 11 heteroatoms. The van der Waals surface area contributed by atoms with E-state index in [-0.39, 0.29) is 30.7 Å². The van der Waals surface area contributed by atoms with Gasteiger partial charge in [-0.25, -0.2) is 14.0 Å². The Morgan fingerprint density at radius 2 is 1.81 bits per heavy atom.